The lowest BCUT2D eigenvalue weighted by molar-refractivity contribution is 0.0631. The van der Waals surface area contributed by atoms with Gasteiger partial charge in [-0.3, -0.25) is 0 Å². The highest BCUT2D eigenvalue weighted by atomic mass is 16.5. The van der Waals surface area contributed by atoms with Gasteiger partial charge in [0.2, 0.25) is 0 Å². The Bertz CT molecular complexity index is 435. The van der Waals surface area contributed by atoms with Gasteiger partial charge in [0.1, 0.15) is 0 Å². The SMILES string of the molecule is CCCC=COC(=O)c1ccccc1C(=O)O. The van der Waals surface area contributed by atoms with E-state index < -0.39 is 11.9 Å². The number of hydrogen-bond acceptors (Lipinski definition) is 3. The first-order chi connectivity index (χ1) is 8.16. The molecule has 0 amide bonds. The molecule has 0 saturated heterocycles. The molecule has 17 heavy (non-hydrogen) atoms. The minimum Gasteiger partial charge on any atom is -0.478 e. The smallest absolute Gasteiger partial charge is 0.343 e. The molecule has 0 bridgehead atoms. The first-order valence-corrected chi connectivity index (χ1v) is 5.35. The predicted molar refractivity (Wildman–Crippen MR) is 62.9 cm³/mol. The summed E-state index contributed by atoms with van der Waals surface area (Å²) in [7, 11) is 0. The van der Waals surface area contributed by atoms with Crippen molar-refractivity contribution < 1.29 is 19.4 Å². The largest absolute Gasteiger partial charge is 0.478 e. The summed E-state index contributed by atoms with van der Waals surface area (Å²) in [6, 6.07) is 5.96. The number of ether oxygens (including phenoxy) is 1. The van der Waals surface area contributed by atoms with Gasteiger partial charge in [-0.2, -0.15) is 0 Å². The van der Waals surface area contributed by atoms with Crippen molar-refractivity contribution in [3.05, 3.63) is 47.7 Å². The monoisotopic (exact) mass is 234 g/mol. The Balaban J connectivity index is 2.78. The summed E-state index contributed by atoms with van der Waals surface area (Å²) in [5, 5.41) is 8.90. The zero-order valence-electron chi connectivity index (χ0n) is 9.55. The van der Waals surface area contributed by atoms with E-state index in [4.69, 9.17) is 9.84 Å². The summed E-state index contributed by atoms with van der Waals surface area (Å²) in [4.78, 5) is 22.5. The fraction of sp³-hybridized carbons (Fsp3) is 0.231. The van der Waals surface area contributed by atoms with Gasteiger partial charge in [-0.25, -0.2) is 9.59 Å². The molecule has 1 N–H and O–H groups in total. The average Bonchev–Trinajstić information content (AvgIpc) is 2.34. The predicted octanol–water partition coefficient (Wildman–Crippen LogP) is 2.86. The van der Waals surface area contributed by atoms with Crippen molar-refractivity contribution in [2.45, 2.75) is 19.8 Å². The minimum absolute atomic E-state index is 0.0543. The summed E-state index contributed by atoms with van der Waals surface area (Å²) in [5.41, 5.74) is 0.00235. The van der Waals surface area contributed by atoms with Crippen LogP contribution in [0.1, 0.15) is 40.5 Å². The Morgan fingerprint density at radius 3 is 2.53 bits per heavy atom. The maximum atomic E-state index is 11.6. The highest BCUT2D eigenvalue weighted by molar-refractivity contribution is 6.02. The quantitative estimate of drug-likeness (QED) is 0.628. The van der Waals surface area contributed by atoms with Gasteiger partial charge in [0, 0.05) is 0 Å². The average molecular weight is 234 g/mol. The number of carbonyl (C=O) groups excluding carboxylic acids is 1. The molecular formula is C13H14O4. The van der Waals surface area contributed by atoms with Gasteiger partial charge >= 0.3 is 11.9 Å². The summed E-state index contributed by atoms with van der Waals surface area (Å²) < 4.78 is 4.84. The first-order valence-electron chi connectivity index (χ1n) is 5.35. The number of aromatic carboxylic acids is 1. The third-order valence-electron chi connectivity index (χ3n) is 2.10. The second-order valence-corrected chi connectivity index (χ2v) is 3.42. The number of rotatable bonds is 5. The van der Waals surface area contributed by atoms with Gasteiger partial charge < -0.3 is 9.84 Å². The Labute approximate surface area is 99.5 Å². The molecule has 0 heterocycles. The Morgan fingerprint density at radius 2 is 1.94 bits per heavy atom. The molecule has 4 heteroatoms. The summed E-state index contributed by atoms with van der Waals surface area (Å²) in [5.74, 6) is -1.80. The van der Waals surface area contributed by atoms with Crippen LogP contribution in [0.2, 0.25) is 0 Å². The lowest BCUT2D eigenvalue weighted by Gasteiger charge is -2.03. The number of unbranched alkanes of at least 4 members (excludes halogenated alkanes) is 1. The highest BCUT2D eigenvalue weighted by Crippen LogP contribution is 2.10. The molecule has 0 aliphatic heterocycles. The van der Waals surface area contributed by atoms with E-state index in [0.717, 1.165) is 12.8 Å². The van der Waals surface area contributed by atoms with Crippen molar-refractivity contribution in [1.82, 2.24) is 0 Å². The number of esters is 1. The number of carbonyl (C=O) groups is 2. The van der Waals surface area contributed by atoms with Crippen LogP contribution < -0.4 is 0 Å². The van der Waals surface area contributed by atoms with Crippen molar-refractivity contribution in [1.29, 1.82) is 0 Å². The van der Waals surface area contributed by atoms with Crippen LogP contribution in [0.3, 0.4) is 0 Å². The Kier molecular flexibility index (Phi) is 4.94. The van der Waals surface area contributed by atoms with Gasteiger partial charge in [-0.15, -0.1) is 0 Å². The zero-order valence-corrected chi connectivity index (χ0v) is 9.55. The van der Waals surface area contributed by atoms with Crippen LogP contribution in [0.5, 0.6) is 0 Å². The Hall–Kier alpha value is -2.10. The van der Waals surface area contributed by atoms with Crippen LogP contribution in [0.25, 0.3) is 0 Å². The van der Waals surface area contributed by atoms with Gasteiger partial charge in [0.15, 0.2) is 0 Å². The molecule has 1 aromatic carbocycles. The van der Waals surface area contributed by atoms with E-state index in [2.05, 4.69) is 0 Å². The molecule has 0 spiro atoms. The number of benzene rings is 1. The van der Waals surface area contributed by atoms with Crippen LogP contribution in [0, 0.1) is 0 Å². The van der Waals surface area contributed by atoms with Gasteiger partial charge in [0.25, 0.3) is 0 Å². The second-order valence-electron chi connectivity index (χ2n) is 3.42. The molecule has 1 aromatic rings. The molecule has 0 aromatic heterocycles. The topological polar surface area (TPSA) is 63.6 Å². The third kappa shape index (κ3) is 3.75. The molecule has 0 saturated carbocycles. The molecule has 0 unspecified atom stereocenters. The molecule has 4 nitrogen and oxygen atoms in total. The van der Waals surface area contributed by atoms with E-state index in [1.54, 1.807) is 18.2 Å². The maximum absolute atomic E-state index is 11.6. The molecule has 1 rings (SSSR count). The van der Waals surface area contributed by atoms with Gasteiger partial charge in [0.05, 0.1) is 17.4 Å². The molecule has 0 aliphatic rings. The van der Waals surface area contributed by atoms with Crippen molar-refractivity contribution in [2.24, 2.45) is 0 Å². The standard InChI is InChI=1S/C13H14O4/c1-2-3-6-9-17-13(16)11-8-5-4-7-10(11)12(14)15/h4-9H,2-3H2,1H3,(H,14,15). The number of hydrogen-bond donors (Lipinski definition) is 1. The van der Waals surface area contributed by atoms with Crippen LogP contribution in [0.4, 0.5) is 0 Å². The molecule has 0 fully saturated rings. The lowest BCUT2D eigenvalue weighted by atomic mass is 10.1. The number of carboxylic acid groups (broad SMARTS) is 1. The summed E-state index contributed by atoms with van der Waals surface area (Å²) in [6.07, 6.45) is 4.79. The van der Waals surface area contributed by atoms with E-state index in [-0.39, 0.29) is 11.1 Å². The lowest BCUT2D eigenvalue weighted by Crippen LogP contribution is -2.09. The molecular weight excluding hydrogens is 220 g/mol. The van der Waals surface area contributed by atoms with Crippen molar-refractivity contribution in [3.8, 4) is 0 Å². The van der Waals surface area contributed by atoms with Crippen molar-refractivity contribution in [2.75, 3.05) is 0 Å². The minimum atomic E-state index is -1.14. The van der Waals surface area contributed by atoms with E-state index in [1.165, 1.54) is 18.4 Å². The zero-order chi connectivity index (χ0) is 12.7. The fourth-order valence-electron chi connectivity index (χ4n) is 1.26. The van der Waals surface area contributed by atoms with Gasteiger partial charge in [-0.05, 0) is 24.6 Å². The van der Waals surface area contributed by atoms with Crippen LogP contribution in [0.15, 0.2) is 36.6 Å². The van der Waals surface area contributed by atoms with E-state index in [0.29, 0.717) is 0 Å². The highest BCUT2D eigenvalue weighted by Gasteiger charge is 2.15. The number of allylic oxidation sites excluding steroid dienone is 1. The number of carboxylic acids is 1. The normalized spacial score (nSPS) is 10.4. The molecule has 0 atom stereocenters. The van der Waals surface area contributed by atoms with E-state index in [9.17, 15) is 9.59 Å². The molecule has 0 aliphatic carbocycles. The van der Waals surface area contributed by atoms with Gasteiger partial charge in [-0.1, -0.05) is 25.5 Å². The van der Waals surface area contributed by atoms with Crippen molar-refractivity contribution in [3.63, 3.8) is 0 Å². The third-order valence-corrected chi connectivity index (χ3v) is 2.10. The summed E-state index contributed by atoms with van der Waals surface area (Å²) >= 11 is 0. The fourth-order valence-corrected chi connectivity index (χ4v) is 1.26. The molecule has 90 valence electrons. The van der Waals surface area contributed by atoms with Crippen LogP contribution in [-0.2, 0) is 4.74 Å². The van der Waals surface area contributed by atoms with Crippen LogP contribution in [-0.4, -0.2) is 17.0 Å². The van der Waals surface area contributed by atoms with Crippen LogP contribution >= 0.6 is 0 Å². The second kappa shape index (κ2) is 6.48. The molecule has 0 radical (unpaired) electrons. The van der Waals surface area contributed by atoms with E-state index in [1.807, 2.05) is 6.92 Å². The summed E-state index contributed by atoms with van der Waals surface area (Å²) in [6.45, 7) is 2.01. The first kappa shape index (κ1) is 13.0. The Morgan fingerprint density at radius 1 is 1.29 bits per heavy atom. The van der Waals surface area contributed by atoms with E-state index >= 15 is 0 Å². The maximum Gasteiger partial charge on any atom is 0.343 e. The van der Waals surface area contributed by atoms with Crippen molar-refractivity contribution >= 4 is 11.9 Å².